The van der Waals surface area contributed by atoms with E-state index in [0.717, 1.165) is 30.9 Å². The summed E-state index contributed by atoms with van der Waals surface area (Å²) in [5.41, 5.74) is 1.06. The van der Waals surface area contributed by atoms with Gasteiger partial charge in [-0.15, -0.1) is 0 Å². The van der Waals surface area contributed by atoms with Gasteiger partial charge in [0.15, 0.2) is 0 Å². The summed E-state index contributed by atoms with van der Waals surface area (Å²) in [7, 11) is 0. The van der Waals surface area contributed by atoms with Gasteiger partial charge in [0.2, 0.25) is 0 Å². The van der Waals surface area contributed by atoms with Crippen molar-refractivity contribution in [2.24, 2.45) is 0 Å². The molecule has 0 radical (unpaired) electrons. The number of amidine groups is 1. The Bertz CT molecular complexity index is 353. The maximum Gasteiger partial charge on any atom is 0.100 e. The monoisotopic (exact) mass is 206 g/mol. The van der Waals surface area contributed by atoms with E-state index in [4.69, 9.17) is 5.41 Å². The lowest BCUT2D eigenvalue weighted by atomic mass is 10.1. The lowest BCUT2D eigenvalue weighted by Crippen LogP contribution is -2.34. The SMILES string of the molecule is CC(C)n1cc(N2CCCCC2=N)cn1. The summed E-state index contributed by atoms with van der Waals surface area (Å²) in [6, 6.07) is 0.387. The van der Waals surface area contributed by atoms with Crippen molar-refractivity contribution in [1.29, 1.82) is 5.41 Å². The zero-order valence-electron chi connectivity index (χ0n) is 9.40. The molecule has 0 unspecified atom stereocenters. The maximum atomic E-state index is 7.89. The number of nitrogens with zero attached hydrogens (tertiary/aromatic N) is 3. The first-order chi connectivity index (χ1) is 7.18. The summed E-state index contributed by atoms with van der Waals surface area (Å²) >= 11 is 0. The van der Waals surface area contributed by atoms with E-state index in [2.05, 4.69) is 23.8 Å². The van der Waals surface area contributed by atoms with Gasteiger partial charge < -0.3 is 4.90 Å². The third-order valence-corrected chi connectivity index (χ3v) is 2.80. The van der Waals surface area contributed by atoms with Crippen molar-refractivity contribution < 1.29 is 0 Å². The fourth-order valence-electron chi connectivity index (χ4n) is 1.87. The van der Waals surface area contributed by atoms with Gasteiger partial charge in [0.25, 0.3) is 0 Å². The second kappa shape index (κ2) is 4.04. The highest BCUT2D eigenvalue weighted by atomic mass is 15.3. The predicted molar refractivity (Wildman–Crippen MR) is 61.5 cm³/mol. The molecule has 4 nitrogen and oxygen atoms in total. The van der Waals surface area contributed by atoms with Crippen LogP contribution >= 0.6 is 0 Å². The third kappa shape index (κ3) is 2.03. The topological polar surface area (TPSA) is 44.9 Å². The molecule has 1 aromatic rings. The standard InChI is InChI=1S/C11H18N4/c1-9(2)15-8-10(7-13-15)14-6-4-3-5-11(14)12/h7-9,12H,3-6H2,1-2H3. The molecule has 1 aliphatic heterocycles. The lowest BCUT2D eigenvalue weighted by Gasteiger charge is -2.27. The molecule has 1 saturated heterocycles. The molecular formula is C11H18N4. The van der Waals surface area contributed by atoms with Gasteiger partial charge >= 0.3 is 0 Å². The van der Waals surface area contributed by atoms with E-state index in [-0.39, 0.29) is 0 Å². The Morgan fingerprint density at radius 3 is 2.80 bits per heavy atom. The molecule has 0 amide bonds. The van der Waals surface area contributed by atoms with Crippen LogP contribution in [-0.4, -0.2) is 22.2 Å². The minimum Gasteiger partial charge on any atom is -0.328 e. The fourth-order valence-corrected chi connectivity index (χ4v) is 1.87. The number of hydrogen-bond donors (Lipinski definition) is 1. The molecule has 2 rings (SSSR count). The van der Waals surface area contributed by atoms with Crippen molar-refractivity contribution in [2.45, 2.75) is 39.2 Å². The van der Waals surface area contributed by atoms with Crippen molar-refractivity contribution in [1.82, 2.24) is 9.78 Å². The van der Waals surface area contributed by atoms with Crippen LogP contribution in [0.15, 0.2) is 12.4 Å². The average Bonchev–Trinajstić information content (AvgIpc) is 2.67. The van der Waals surface area contributed by atoms with Gasteiger partial charge in [0.1, 0.15) is 5.84 Å². The molecule has 1 N–H and O–H groups in total. The van der Waals surface area contributed by atoms with E-state index in [1.807, 2.05) is 17.1 Å². The molecule has 1 fully saturated rings. The summed E-state index contributed by atoms with van der Waals surface area (Å²) in [6.07, 6.45) is 7.11. The summed E-state index contributed by atoms with van der Waals surface area (Å²) in [4.78, 5) is 2.06. The van der Waals surface area contributed by atoms with Gasteiger partial charge in [-0.3, -0.25) is 10.1 Å². The highest BCUT2D eigenvalue weighted by Crippen LogP contribution is 2.21. The van der Waals surface area contributed by atoms with Crippen LogP contribution in [-0.2, 0) is 0 Å². The van der Waals surface area contributed by atoms with Crippen molar-refractivity contribution in [3.63, 3.8) is 0 Å². The zero-order valence-corrected chi connectivity index (χ0v) is 9.40. The summed E-state index contributed by atoms with van der Waals surface area (Å²) < 4.78 is 1.94. The Morgan fingerprint density at radius 2 is 2.20 bits per heavy atom. The fraction of sp³-hybridized carbons (Fsp3) is 0.636. The van der Waals surface area contributed by atoms with Gasteiger partial charge in [-0.1, -0.05) is 0 Å². The molecule has 0 aliphatic carbocycles. The van der Waals surface area contributed by atoms with Crippen molar-refractivity contribution in [3.8, 4) is 0 Å². The van der Waals surface area contributed by atoms with Crippen LogP contribution in [0.2, 0.25) is 0 Å². The van der Waals surface area contributed by atoms with Crippen molar-refractivity contribution >= 4 is 11.5 Å². The van der Waals surface area contributed by atoms with E-state index >= 15 is 0 Å². The van der Waals surface area contributed by atoms with Crippen LogP contribution in [0, 0.1) is 5.41 Å². The van der Waals surface area contributed by atoms with Crippen LogP contribution in [0.1, 0.15) is 39.2 Å². The van der Waals surface area contributed by atoms with Crippen LogP contribution in [0.25, 0.3) is 0 Å². The Kier molecular flexibility index (Phi) is 2.75. The summed E-state index contributed by atoms with van der Waals surface area (Å²) in [5, 5.41) is 12.2. The average molecular weight is 206 g/mol. The van der Waals surface area contributed by atoms with Gasteiger partial charge in [0.05, 0.1) is 11.9 Å². The zero-order chi connectivity index (χ0) is 10.8. The van der Waals surface area contributed by atoms with Crippen LogP contribution in [0.5, 0.6) is 0 Å². The second-order valence-corrected chi connectivity index (χ2v) is 4.33. The number of anilines is 1. The molecule has 0 saturated carbocycles. The molecule has 0 atom stereocenters. The number of piperidine rings is 1. The Balaban J connectivity index is 2.17. The molecule has 1 aromatic heterocycles. The Labute approximate surface area is 90.4 Å². The Morgan fingerprint density at radius 1 is 1.40 bits per heavy atom. The van der Waals surface area contributed by atoms with E-state index in [0.29, 0.717) is 6.04 Å². The van der Waals surface area contributed by atoms with Gasteiger partial charge in [-0.2, -0.15) is 5.10 Å². The number of rotatable bonds is 2. The van der Waals surface area contributed by atoms with Gasteiger partial charge in [-0.05, 0) is 26.7 Å². The van der Waals surface area contributed by atoms with Crippen LogP contribution < -0.4 is 4.90 Å². The highest BCUT2D eigenvalue weighted by Gasteiger charge is 2.17. The molecule has 2 heterocycles. The minimum absolute atomic E-state index is 0.387. The predicted octanol–water partition coefficient (Wildman–Crippen LogP) is 2.43. The maximum absolute atomic E-state index is 7.89. The molecule has 0 aromatic carbocycles. The first-order valence-corrected chi connectivity index (χ1v) is 5.57. The number of hydrogen-bond acceptors (Lipinski definition) is 2. The van der Waals surface area contributed by atoms with E-state index < -0.39 is 0 Å². The van der Waals surface area contributed by atoms with Crippen LogP contribution in [0.4, 0.5) is 5.69 Å². The molecule has 15 heavy (non-hydrogen) atoms. The second-order valence-electron chi connectivity index (χ2n) is 4.33. The third-order valence-electron chi connectivity index (χ3n) is 2.80. The van der Waals surface area contributed by atoms with Gasteiger partial charge in [-0.25, -0.2) is 0 Å². The Hall–Kier alpha value is -1.32. The van der Waals surface area contributed by atoms with E-state index in [9.17, 15) is 0 Å². The number of aromatic nitrogens is 2. The first-order valence-electron chi connectivity index (χ1n) is 5.57. The molecule has 1 aliphatic rings. The van der Waals surface area contributed by atoms with E-state index in [1.165, 1.54) is 6.42 Å². The molecule has 0 spiro atoms. The van der Waals surface area contributed by atoms with Crippen molar-refractivity contribution in [2.75, 3.05) is 11.4 Å². The quantitative estimate of drug-likeness (QED) is 0.807. The largest absolute Gasteiger partial charge is 0.328 e. The first kappa shape index (κ1) is 10.2. The van der Waals surface area contributed by atoms with Crippen LogP contribution in [0.3, 0.4) is 0 Å². The smallest absolute Gasteiger partial charge is 0.100 e. The normalized spacial score (nSPS) is 17.5. The lowest BCUT2D eigenvalue weighted by molar-refractivity contribution is 0.532. The van der Waals surface area contributed by atoms with Gasteiger partial charge in [0, 0.05) is 25.2 Å². The molecule has 4 heteroatoms. The number of nitrogens with one attached hydrogen (secondary N) is 1. The summed E-state index contributed by atoms with van der Waals surface area (Å²) in [6.45, 7) is 5.18. The molecule has 82 valence electrons. The molecular weight excluding hydrogens is 188 g/mol. The van der Waals surface area contributed by atoms with E-state index in [1.54, 1.807) is 0 Å². The highest BCUT2D eigenvalue weighted by molar-refractivity contribution is 5.95. The molecule has 0 bridgehead atoms. The minimum atomic E-state index is 0.387. The summed E-state index contributed by atoms with van der Waals surface area (Å²) in [5.74, 6) is 0.726. The van der Waals surface area contributed by atoms with Crippen molar-refractivity contribution in [3.05, 3.63) is 12.4 Å².